The monoisotopic (exact) mass is 180 g/mol. The zero-order valence-electron chi connectivity index (χ0n) is 8.59. The van der Waals surface area contributed by atoms with Crippen LogP contribution in [-0.4, -0.2) is 11.4 Å². The summed E-state index contributed by atoms with van der Waals surface area (Å²) in [6, 6.07) is 1.88. The van der Waals surface area contributed by atoms with Crippen LogP contribution < -0.4 is 5.73 Å². The lowest BCUT2D eigenvalue weighted by molar-refractivity contribution is 0.544. The highest BCUT2D eigenvalue weighted by atomic mass is 16.3. The van der Waals surface area contributed by atoms with Crippen molar-refractivity contribution in [3.05, 3.63) is 23.7 Å². The van der Waals surface area contributed by atoms with Gasteiger partial charge in [0.05, 0.1) is 11.8 Å². The maximum absolute atomic E-state index is 5.78. The van der Waals surface area contributed by atoms with Gasteiger partial charge < -0.3 is 10.2 Å². The highest BCUT2D eigenvalue weighted by Gasteiger charge is 2.12. The fraction of sp³-hybridized carbons (Fsp3) is 0.500. The third-order valence-corrected chi connectivity index (χ3v) is 1.55. The minimum Gasteiger partial charge on any atom is -0.461 e. The van der Waals surface area contributed by atoms with E-state index >= 15 is 0 Å². The molecule has 1 aromatic rings. The Morgan fingerprint density at radius 3 is 2.46 bits per heavy atom. The number of nitrogens with two attached hydrogens (primary N) is 1. The molecular formula is C10H16N2O. The summed E-state index contributed by atoms with van der Waals surface area (Å²) in [5, 5.41) is 0. The van der Waals surface area contributed by atoms with E-state index < -0.39 is 0 Å². The topological polar surface area (TPSA) is 51.5 Å². The molecular weight excluding hydrogens is 164 g/mol. The van der Waals surface area contributed by atoms with Crippen LogP contribution in [0, 0.1) is 6.92 Å². The number of furan rings is 1. The lowest BCUT2D eigenvalue weighted by Gasteiger charge is -2.12. The maximum Gasteiger partial charge on any atom is 0.171 e. The highest BCUT2D eigenvalue weighted by Crippen LogP contribution is 2.12. The van der Waals surface area contributed by atoms with Crippen molar-refractivity contribution >= 4 is 5.84 Å². The van der Waals surface area contributed by atoms with Gasteiger partial charge in [-0.05, 0) is 39.3 Å². The highest BCUT2D eigenvalue weighted by molar-refractivity contribution is 5.96. The van der Waals surface area contributed by atoms with E-state index in [4.69, 9.17) is 10.2 Å². The van der Waals surface area contributed by atoms with Crippen LogP contribution >= 0.6 is 0 Å². The number of rotatable bonds is 1. The van der Waals surface area contributed by atoms with Gasteiger partial charge in [0.2, 0.25) is 0 Å². The molecule has 3 heteroatoms. The zero-order chi connectivity index (χ0) is 10.1. The molecule has 0 fully saturated rings. The Hall–Kier alpha value is -1.25. The molecule has 13 heavy (non-hydrogen) atoms. The van der Waals surface area contributed by atoms with Gasteiger partial charge in [0, 0.05) is 0 Å². The minimum atomic E-state index is -0.163. The largest absolute Gasteiger partial charge is 0.461 e. The average Bonchev–Trinajstić information content (AvgIpc) is 2.30. The van der Waals surface area contributed by atoms with Gasteiger partial charge >= 0.3 is 0 Å². The summed E-state index contributed by atoms with van der Waals surface area (Å²) in [6.45, 7) is 7.94. The first-order valence-electron chi connectivity index (χ1n) is 4.30. The summed E-state index contributed by atoms with van der Waals surface area (Å²) in [6.07, 6.45) is 1.62. The Morgan fingerprint density at radius 1 is 1.46 bits per heavy atom. The summed E-state index contributed by atoms with van der Waals surface area (Å²) in [7, 11) is 0. The van der Waals surface area contributed by atoms with Crippen LogP contribution in [0.2, 0.25) is 0 Å². The lowest BCUT2D eigenvalue weighted by Crippen LogP contribution is -2.21. The van der Waals surface area contributed by atoms with Gasteiger partial charge in [-0.15, -0.1) is 0 Å². The van der Waals surface area contributed by atoms with E-state index in [1.165, 1.54) is 0 Å². The first-order chi connectivity index (χ1) is 5.90. The second-order valence-corrected chi connectivity index (χ2v) is 4.10. The molecule has 0 aliphatic carbocycles. The SMILES string of the molecule is Cc1ccoc1C(N)=NC(C)(C)C. The van der Waals surface area contributed by atoms with Crippen molar-refractivity contribution < 1.29 is 4.42 Å². The third-order valence-electron chi connectivity index (χ3n) is 1.55. The first-order valence-corrected chi connectivity index (χ1v) is 4.30. The van der Waals surface area contributed by atoms with Crippen LogP contribution in [0.5, 0.6) is 0 Å². The van der Waals surface area contributed by atoms with E-state index in [0.717, 1.165) is 5.56 Å². The number of aliphatic imine (C=N–C) groups is 1. The van der Waals surface area contributed by atoms with Crippen LogP contribution in [0.3, 0.4) is 0 Å². The Balaban J connectivity index is 2.98. The van der Waals surface area contributed by atoms with Gasteiger partial charge in [0.25, 0.3) is 0 Å². The average molecular weight is 180 g/mol. The molecule has 0 spiro atoms. The number of hydrogen-bond donors (Lipinski definition) is 1. The van der Waals surface area contributed by atoms with Crippen LogP contribution in [-0.2, 0) is 0 Å². The van der Waals surface area contributed by atoms with E-state index in [2.05, 4.69) is 4.99 Å². The van der Waals surface area contributed by atoms with E-state index in [-0.39, 0.29) is 5.54 Å². The Bertz CT molecular complexity index is 318. The van der Waals surface area contributed by atoms with E-state index in [9.17, 15) is 0 Å². The Kier molecular flexibility index (Phi) is 2.45. The molecule has 0 aliphatic rings. The smallest absolute Gasteiger partial charge is 0.171 e. The molecule has 1 rings (SSSR count). The number of nitrogens with zero attached hydrogens (tertiary/aromatic N) is 1. The number of aryl methyl sites for hydroxylation is 1. The normalized spacial score (nSPS) is 13.4. The quantitative estimate of drug-likeness (QED) is 0.531. The van der Waals surface area contributed by atoms with Crippen LogP contribution in [0.25, 0.3) is 0 Å². The molecule has 0 unspecified atom stereocenters. The molecule has 2 N–H and O–H groups in total. The lowest BCUT2D eigenvalue weighted by atomic mass is 10.1. The van der Waals surface area contributed by atoms with Crippen molar-refractivity contribution in [2.45, 2.75) is 33.2 Å². The Labute approximate surface area is 78.7 Å². The van der Waals surface area contributed by atoms with Crippen LogP contribution in [0.4, 0.5) is 0 Å². The minimum absolute atomic E-state index is 0.163. The van der Waals surface area contributed by atoms with Crippen LogP contribution in [0.15, 0.2) is 21.7 Å². The van der Waals surface area contributed by atoms with Crippen molar-refractivity contribution in [1.29, 1.82) is 0 Å². The van der Waals surface area contributed by atoms with Gasteiger partial charge in [-0.25, -0.2) is 0 Å². The summed E-state index contributed by atoms with van der Waals surface area (Å²) in [5.74, 6) is 1.14. The second kappa shape index (κ2) is 3.24. The molecule has 72 valence electrons. The standard InChI is InChI=1S/C10H16N2O/c1-7-5-6-13-8(7)9(11)12-10(2,3)4/h5-6H,1-4H3,(H2,11,12). The molecule has 1 aromatic heterocycles. The third kappa shape index (κ3) is 2.61. The molecule has 0 aliphatic heterocycles. The molecule has 0 saturated heterocycles. The second-order valence-electron chi connectivity index (χ2n) is 4.10. The van der Waals surface area contributed by atoms with Gasteiger partial charge in [0.1, 0.15) is 0 Å². The van der Waals surface area contributed by atoms with Crippen molar-refractivity contribution in [3.63, 3.8) is 0 Å². The molecule has 0 radical (unpaired) electrons. The molecule has 0 bridgehead atoms. The van der Waals surface area contributed by atoms with E-state index in [0.29, 0.717) is 11.6 Å². The summed E-state index contributed by atoms with van der Waals surface area (Å²) in [4.78, 5) is 4.31. The van der Waals surface area contributed by atoms with E-state index in [1.54, 1.807) is 6.26 Å². The van der Waals surface area contributed by atoms with Gasteiger partial charge in [-0.1, -0.05) is 0 Å². The van der Waals surface area contributed by atoms with Crippen molar-refractivity contribution in [1.82, 2.24) is 0 Å². The number of amidine groups is 1. The zero-order valence-corrected chi connectivity index (χ0v) is 8.59. The molecule has 0 atom stereocenters. The van der Waals surface area contributed by atoms with Crippen LogP contribution in [0.1, 0.15) is 32.1 Å². The molecule has 0 saturated carbocycles. The Morgan fingerprint density at radius 2 is 2.08 bits per heavy atom. The molecule has 1 heterocycles. The molecule has 3 nitrogen and oxygen atoms in total. The molecule has 0 amide bonds. The first kappa shape index (κ1) is 9.84. The van der Waals surface area contributed by atoms with Gasteiger partial charge in [0.15, 0.2) is 11.6 Å². The number of hydrogen-bond acceptors (Lipinski definition) is 2. The summed E-state index contributed by atoms with van der Waals surface area (Å²) >= 11 is 0. The fourth-order valence-electron chi connectivity index (χ4n) is 1.05. The van der Waals surface area contributed by atoms with E-state index in [1.807, 2.05) is 33.8 Å². The van der Waals surface area contributed by atoms with Gasteiger partial charge in [-0.3, -0.25) is 4.99 Å². The predicted molar refractivity (Wildman–Crippen MR) is 53.9 cm³/mol. The van der Waals surface area contributed by atoms with Crippen molar-refractivity contribution in [2.24, 2.45) is 10.7 Å². The predicted octanol–water partition coefficient (Wildman–Crippen LogP) is 2.09. The summed E-state index contributed by atoms with van der Waals surface area (Å²) in [5.41, 5.74) is 6.64. The van der Waals surface area contributed by atoms with Gasteiger partial charge in [-0.2, -0.15) is 0 Å². The molecule has 0 aromatic carbocycles. The van der Waals surface area contributed by atoms with Crippen molar-refractivity contribution in [2.75, 3.05) is 0 Å². The van der Waals surface area contributed by atoms with Crippen molar-refractivity contribution in [3.8, 4) is 0 Å². The summed E-state index contributed by atoms with van der Waals surface area (Å²) < 4.78 is 5.22. The fourth-order valence-corrected chi connectivity index (χ4v) is 1.05. The maximum atomic E-state index is 5.78.